The van der Waals surface area contributed by atoms with Crippen molar-refractivity contribution in [1.82, 2.24) is 0 Å². The van der Waals surface area contributed by atoms with E-state index >= 15 is 0 Å². The van der Waals surface area contributed by atoms with E-state index in [-0.39, 0.29) is 18.0 Å². The first-order chi connectivity index (χ1) is 13.7. The maximum Gasteiger partial charge on any atom is 0.148 e. The third kappa shape index (κ3) is 3.50. The first-order valence-corrected chi connectivity index (χ1v) is 9.57. The van der Waals surface area contributed by atoms with E-state index in [0.29, 0.717) is 6.61 Å². The van der Waals surface area contributed by atoms with Gasteiger partial charge in [-0.25, -0.2) is 4.39 Å². The number of benzene rings is 3. The number of rotatable bonds is 5. The lowest BCUT2D eigenvalue weighted by Gasteiger charge is -2.30. The van der Waals surface area contributed by atoms with E-state index in [1.54, 1.807) is 12.1 Å². The van der Waals surface area contributed by atoms with E-state index in [1.807, 2.05) is 37.3 Å². The fourth-order valence-corrected chi connectivity index (χ4v) is 3.69. The minimum absolute atomic E-state index is 0.0496. The highest BCUT2D eigenvalue weighted by Gasteiger charge is 2.35. The predicted octanol–water partition coefficient (Wildman–Crippen LogP) is 5.62. The highest BCUT2D eigenvalue weighted by Crippen LogP contribution is 2.37. The summed E-state index contributed by atoms with van der Waals surface area (Å²) >= 11 is 0. The van der Waals surface area contributed by atoms with Gasteiger partial charge in [0.1, 0.15) is 17.7 Å². The molecule has 0 fully saturated rings. The third-order valence-electron chi connectivity index (χ3n) is 5.02. The van der Waals surface area contributed by atoms with Crippen LogP contribution in [0.4, 0.5) is 10.1 Å². The van der Waals surface area contributed by atoms with Gasteiger partial charge in [0.05, 0.1) is 18.4 Å². The van der Waals surface area contributed by atoms with Crippen molar-refractivity contribution >= 4 is 11.4 Å². The molecular formula is C24H23FN2O. The number of anilines is 1. The number of nitrogens with zero attached hydrogens (tertiary/aromatic N) is 2. The van der Waals surface area contributed by atoms with Crippen LogP contribution in [-0.2, 0) is 0 Å². The van der Waals surface area contributed by atoms with Crippen molar-refractivity contribution in [2.24, 2.45) is 4.99 Å². The fourth-order valence-electron chi connectivity index (χ4n) is 3.69. The van der Waals surface area contributed by atoms with E-state index in [4.69, 9.17) is 9.73 Å². The zero-order valence-corrected chi connectivity index (χ0v) is 16.0. The van der Waals surface area contributed by atoms with Crippen molar-refractivity contribution in [3.05, 3.63) is 95.8 Å². The average Bonchev–Trinajstić information content (AvgIpc) is 3.07. The van der Waals surface area contributed by atoms with Crippen LogP contribution < -0.4 is 9.64 Å². The molecule has 3 aromatic rings. The molecule has 1 heterocycles. The molecule has 0 radical (unpaired) electrons. The summed E-state index contributed by atoms with van der Waals surface area (Å²) in [6, 6.07) is 25.0. The van der Waals surface area contributed by atoms with E-state index in [2.05, 4.69) is 36.1 Å². The molecule has 2 unspecified atom stereocenters. The Labute approximate surface area is 165 Å². The van der Waals surface area contributed by atoms with Crippen molar-refractivity contribution < 1.29 is 9.13 Å². The number of ether oxygens (including phenoxy) is 1. The van der Waals surface area contributed by atoms with Crippen molar-refractivity contribution in [3.8, 4) is 5.75 Å². The molecule has 0 saturated carbocycles. The Hall–Kier alpha value is -3.14. The summed E-state index contributed by atoms with van der Waals surface area (Å²) in [7, 11) is 0. The quantitative estimate of drug-likeness (QED) is 0.579. The first-order valence-electron chi connectivity index (χ1n) is 9.57. The van der Waals surface area contributed by atoms with Gasteiger partial charge in [-0.05, 0) is 61.4 Å². The Kier molecular flexibility index (Phi) is 5.11. The SMILES string of the molecule is CCOc1ccc(N2C(C)C(c3ccc(F)cc3)=NC2c2ccccc2)cc1. The normalized spacial score (nSPS) is 18.8. The topological polar surface area (TPSA) is 24.8 Å². The molecular weight excluding hydrogens is 351 g/mol. The van der Waals surface area contributed by atoms with Crippen molar-refractivity contribution in [2.45, 2.75) is 26.1 Å². The molecule has 142 valence electrons. The molecule has 0 aliphatic carbocycles. The molecule has 0 amide bonds. The standard InChI is InChI=1S/C24H23FN2O/c1-3-28-22-15-13-21(14-16-22)27-17(2)23(18-9-11-20(25)12-10-18)26-24(27)19-7-5-4-6-8-19/h4-17,24H,3H2,1-2H3. The van der Waals surface area contributed by atoms with Crippen molar-refractivity contribution in [3.63, 3.8) is 0 Å². The first kappa shape index (κ1) is 18.2. The minimum Gasteiger partial charge on any atom is -0.494 e. The molecule has 0 bridgehead atoms. The van der Waals surface area contributed by atoms with E-state index in [9.17, 15) is 4.39 Å². The van der Waals surface area contributed by atoms with Gasteiger partial charge in [-0.2, -0.15) is 0 Å². The maximum atomic E-state index is 13.4. The Morgan fingerprint density at radius 1 is 0.929 bits per heavy atom. The second kappa shape index (κ2) is 7.85. The molecule has 1 aliphatic rings. The lowest BCUT2D eigenvalue weighted by Crippen LogP contribution is -2.35. The summed E-state index contributed by atoms with van der Waals surface area (Å²) in [5.74, 6) is 0.618. The number of halogens is 1. The van der Waals surface area contributed by atoms with Crippen LogP contribution in [0.15, 0.2) is 83.9 Å². The third-order valence-corrected chi connectivity index (χ3v) is 5.02. The molecule has 0 N–H and O–H groups in total. The van der Waals surface area contributed by atoms with Crippen molar-refractivity contribution in [1.29, 1.82) is 0 Å². The van der Waals surface area contributed by atoms with Crippen LogP contribution >= 0.6 is 0 Å². The van der Waals surface area contributed by atoms with Crippen LogP contribution in [0.25, 0.3) is 0 Å². The van der Waals surface area contributed by atoms with Crippen molar-refractivity contribution in [2.75, 3.05) is 11.5 Å². The summed E-state index contributed by atoms with van der Waals surface area (Å²) in [6.45, 7) is 4.76. The Morgan fingerprint density at radius 2 is 1.61 bits per heavy atom. The molecule has 1 aliphatic heterocycles. The van der Waals surface area contributed by atoms with Gasteiger partial charge >= 0.3 is 0 Å². The average molecular weight is 374 g/mol. The van der Waals surface area contributed by atoms with Gasteiger partial charge in [0.2, 0.25) is 0 Å². The molecule has 0 aromatic heterocycles. The molecule has 3 nitrogen and oxygen atoms in total. The zero-order chi connectivity index (χ0) is 19.5. The Balaban J connectivity index is 1.74. The summed E-state index contributed by atoms with van der Waals surface area (Å²) in [6.07, 6.45) is -0.130. The van der Waals surface area contributed by atoms with Crippen LogP contribution in [0.1, 0.15) is 31.1 Å². The highest BCUT2D eigenvalue weighted by molar-refractivity contribution is 6.07. The maximum absolute atomic E-state index is 13.4. The van der Waals surface area contributed by atoms with Crippen LogP contribution in [0.3, 0.4) is 0 Å². The Bertz CT molecular complexity index is 952. The van der Waals surface area contributed by atoms with E-state index in [1.165, 1.54) is 12.1 Å². The largest absolute Gasteiger partial charge is 0.494 e. The highest BCUT2D eigenvalue weighted by atomic mass is 19.1. The monoisotopic (exact) mass is 374 g/mol. The van der Waals surface area contributed by atoms with Crippen LogP contribution in [0.5, 0.6) is 5.75 Å². The lowest BCUT2D eigenvalue weighted by atomic mass is 10.0. The summed E-state index contributed by atoms with van der Waals surface area (Å²) < 4.78 is 19.0. The smallest absolute Gasteiger partial charge is 0.148 e. The molecule has 0 spiro atoms. The van der Waals surface area contributed by atoms with Crippen LogP contribution in [0.2, 0.25) is 0 Å². The molecule has 4 heteroatoms. The predicted molar refractivity (Wildman–Crippen MR) is 112 cm³/mol. The van der Waals surface area contributed by atoms with Gasteiger partial charge in [-0.3, -0.25) is 4.99 Å². The van der Waals surface area contributed by atoms with Gasteiger partial charge in [0.15, 0.2) is 0 Å². The lowest BCUT2D eigenvalue weighted by molar-refractivity contribution is 0.340. The van der Waals surface area contributed by atoms with Crippen LogP contribution in [0, 0.1) is 5.82 Å². The minimum atomic E-state index is -0.238. The van der Waals surface area contributed by atoms with Gasteiger partial charge < -0.3 is 9.64 Å². The van der Waals surface area contributed by atoms with Gasteiger partial charge in [-0.15, -0.1) is 0 Å². The van der Waals surface area contributed by atoms with Gasteiger partial charge in [0, 0.05) is 5.69 Å². The molecule has 2 atom stereocenters. The summed E-state index contributed by atoms with van der Waals surface area (Å²) in [5, 5.41) is 0. The summed E-state index contributed by atoms with van der Waals surface area (Å²) in [5.41, 5.74) is 4.11. The Morgan fingerprint density at radius 3 is 2.25 bits per heavy atom. The molecule has 3 aromatic carbocycles. The van der Waals surface area contributed by atoms with Gasteiger partial charge in [-0.1, -0.05) is 42.5 Å². The van der Waals surface area contributed by atoms with E-state index in [0.717, 1.165) is 28.3 Å². The second-order valence-electron chi connectivity index (χ2n) is 6.82. The van der Waals surface area contributed by atoms with Gasteiger partial charge in [0.25, 0.3) is 0 Å². The number of hydrogen-bond acceptors (Lipinski definition) is 3. The second-order valence-corrected chi connectivity index (χ2v) is 6.82. The number of aliphatic imine (C=N–C) groups is 1. The van der Waals surface area contributed by atoms with E-state index < -0.39 is 0 Å². The number of hydrogen-bond donors (Lipinski definition) is 0. The zero-order valence-electron chi connectivity index (χ0n) is 16.0. The van der Waals surface area contributed by atoms with Crippen LogP contribution in [-0.4, -0.2) is 18.4 Å². The summed E-state index contributed by atoms with van der Waals surface area (Å²) in [4.78, 5) is 7.34. The molecule has 0 saturated heterocycles. The molecule has 4 rings (SSSR count). The fraction of sp³-hybridized carbons (Fsp3) is 0.208. The molecule has 28 heavy (non-hydrogen) atoms.